The maximum Gasteiger partial charge on any atom is 0.0164 e. The van der Waals surface area contributed by atoms with Crippen molar-refractivity contribution in [1.29, 1.82) is 0 Å². The largest absolute Gasteiger partial charge is 0.0770 e. The van der Waals surface area contributed by atoms with Gasteiger partial charge >= 0.3 is 0 Å². The van der Waals surface area contributed by atoms with Crippen LogP contribution in [0.15, 0.2) is 72.8 Å². The smallest absolute Gasteiger partial charge is 0.0164 e. The minimum atomic E-state index is 0.224. The summed E-state index contributed by atoms with van der Waals surface area (Å²) in [6.07, 6.45) is 13.1. The Hall–Kier alpha value is -2.08. The molecule has 0 N–H and O–H groups in total. The highest BCUT2D eigenvalue weighted by molar-refractivity contribution is 5.79. The Balaban J connectivity index is 1.89. The molecule has 4 rings (SSSR count). The van der Waals surface area contributed by atoms with Crippen LogP contribution in [0.25, 0.3) is 11.1 Å². The molecule has 0 aliphatic heterocycles. The number of hydrogen-bond acceptors (Lipinski definition) is 0. The Labute approximate surface area is 145 Å². The van der Waals surface area contributed by atoms with E-state index >= 15 is 0 Å². The molecule has 24 heavy (non-hydrogen) atoms. The molecule has 0 saturated carbocycles. The van der Waals surface area contributed by atoms with Crippen LogP contribution in [-0.4, -0.2) is 0 Å². The summed E-state index contributed by atoms with van der Waals surface area (Å²) in [6, 6.07) is 18.1. The summed E-state index contributed by atoms with van der Waals surface area (Å²) >= 11 is 0. The van der Waals surface area contributed by atoms with Gasteiger partial charge in [0.2, 0.25) is 0 Å². The summed E-state index contributed by atoms with van der Waals surface area (Å²) in [4.78, 5) is 0. The molecule has 2 aliphatic carbocycles. The molecule has 2 aliphatic rings. The van der Waals surface area contributed by atoms with Crippen molar-refractivity contribution >= 4 is 0 Å². The minimum Gasteiger partial charge on any atom is -0.0770 e. The van der Waals surface area contributed by atoms with E-state index in [1.54, 1.807) is 0 Å². The lowest BCUT2D eigenvalue weighted by atomic mass is 9.62. The number of rotatable bonds is 5. The zero-order chi connectivity index (χ0) is 16.6. The first-order chi connectivity index (χ1) is 11.8. The first-order valence-corrected chi connectivity index (χ1v) is 9.29. The summed E-state index contributed by atoms with van der Waals surface area (Å²) in [5.41, 5.74) is 6.14. The maximum absolute atomic E-state index is 2.51. The minimum absolute atomic E-state index is 0.224. The van der Waals surface area contributed by atoms with Crippen LogP contribution in [0, 0.1) is 11.3 Å². The molecule has 0 fully saturated rings. The molecule has 0 spiro atoms. The standard InChI is InChI=1S/C24H26/c1-3-4-17-24(2,18-11-5-6-12-18)23-21-15-9-7-13-19(21)20-14-8-10-16-22(20)23/h5-16,18,23H,3-4,17H2,1-2H3. The fraction of sp³-hybridized carbons (Fsp3) is 0.333. The van der Waals surface area contributed by atoms with Crippen molar-refractivity contribution in [2.75, 3.05) is 0 Å². The molecule has 1 atom stereocenters. The molecule has 0 heterocycles. The van der Waals surface area contributed by atoms with Crippen molar-refractivity contribution in [3.8, 4) is 11.1 Å². The van der Waals surface area contributed by atoms with Crippen LogP contribution in [0.5, 0.6) is 0 Å². The molecule has 2 aromatic carbocycles. The van der Waals surface area contributed by atoms with Crippen molar-refractivity contribution < 1.29 is 0 Å². The normalized spacial score (nSPS) is 18.6. The van der Waals surface area contributed by atoms with Crippen molar-refractivity contribution in [2.24, 2.45) is 11.3 Å². The predicted octanol–water partition coefficient (Wildman–Crippen LogP) is 6.74. The van der Waals surface area contributed by atoms with Crippen LogP contribution < -0.4 is 0 Å². The van der Waals surface area contributed by atoms with Gasteiger partial charge in [-0.2, -0.15) is 0 Å². The number of benzene rings is 2. The van der Waals surface area contributed by atoms with E-state index in [1.165, 1.54) is 41.5 Å². The summed E-state index contributed by atoms with van der Waals surface area (Å²) < 4.78 is 0. The molecule has 0 saturated heterocycles. The second-order valence-corrected chi connectivity index (χ2v) is 7.51. The molecule has 0 heteroatoms. The quantitative estimate of drug-likeness (QED) is 0.573. The van der Waals surface area contributed by atoms with Crippen molar-refractivity contribution in [2.45, 2.75) is 39.0 Å². The van der Waals surface area contributed by atoms with Crippen molar-refractivity contribution in [1.82, 2.24) is 0 Å². The highest BCUT2D eigenvalue weighted by atomic mass is 14.5. The SMILES string of the molecule is CCCCC(C)(C1C=CC=C1)C1c2ccccc2-c2ccccc21. The Kier molecular flexibility index (Phi) is 3.92. The molecule has 0 bridgehead atoms. The average Bonchev–Trinajstić information content (AvgIpc) is 3.26. The van der Waals surface area contributed by atoms with Crippen LogP contribution in [0.1, 0.15) is 50.2 Å². The fourth-order valence-electron chi connectivity index (χ4n) is 4.80. The molecule has 0 aromatic heterocycles. The number of allylic oxidation sites excluding steroid dienone is 4. The lowest BCUT2D eigenvalue weighted by Crippen LogP contribution is -2.32. The zero-order valence-electron chi connectivity index (χ0n) is 14.7. The first kappa shape index (κ1) is 15.4. The van der Waals surface area contributed by atoms with Crippen LogP contribution in [0.4, 0.5) is 0 Å². The molecule has 0 amide bonds. The van der Waals surface area contributed by atoms with Crippen LogP contribution >= 0.6 is 0 Å². The number of unbranched alkanes of at least 4 members (excludes halogenated alkanes) is 1. The highest BCUT2D eigenvalue weighted by Gasteiger charge is 2.45. The molecule has 0 nitrogen and oxygen atoms in total. The van der Waals surface area contributed by atoms with Gasteiger partial charge < -0.3 is 0 Å². The Morgan fingerprint density at radius 3 is 1.92 bits per heavy atom. The monoisotopic (exact) mass is 314 g/mol. The molecule has 1 unspecified atom stereocenters. The third-order valence-corrected chi connectivity index (χ3v) is 6.07. The van der Waals surface area contributed by atoms with E-state index in [4.69, 9.17) is 0 Å². The van der Waals surface area contributed by atoms with Gasteiger partial charge in [0.05, 0.1) is 0 Å². The molecule has 0 radical (unpaired) electrons. The van der Waals surface area contributed by atoms with E-state index in [1.807, 2.05) is 0 Å². The Morgan fingerprint density at radius 2 is 1.38 bits per heavy atom. The number of fused-ring (bicyclic) bond motifs is 3. The Bertz CT molecular complexity index is 738. The summed E-state index contributed by atoms with van der Waals surface area (Å²) in [7, 11) is 0. The number of hydrogen-bond donors (Lipinski definition) is 0. The third-order valence-electron chi connectivity index (χ3n) is 6.07. The lowest BCUT2D eigenvalue weighted by molar-refractivity contribution is 0.206. The van der Waals surface area contributed by atoms with Gasteiger partial charge in [0, 0.05) is 11.8 Å². The van der Waals surface area contributed by atoms with Crippen LogP contribution in [0.3, 0.4) is 0 Å². The molecular formula is C24H26. The first-order valence-electron chi connectivity index (χ1n) is 9.29. The average molecular weight is 314 g/mol. The predicted molar refractivity (Wildman–Crippen MR) is 103 cm³/mol. The van der Waals surface area contributed by atoms with Crippen molar-refractivity contribution in [3.63, 3.8) is 0 Å². The molecular weight excluding hydrogens is 288 g/mol. The third kappa shape index (κ3) is 2.28. The summed E-state index contributed by atoms with van der Waals surface area (Å²) in [5.74, 6) is 1.00. The van der Waals surface area contributed by atoms with E-state index in [2.05, 4.69) is 86.7 Å². The van der Waals surface area contributed by atoms with E-state index in [0.29, 0.717) is 11.8 Å². The molecule has 2 aromatic rings. The van der Waals surface area contributed by atoms with Crippen LogP contribution in [-0.2, 0) is 0 Å². The van der Waals surface area contributed by atoms with Gasteiger partial charge in [-0.3, -0.25) is 0 Å². The summed E-state index contributed by atoms with van der Waals surface area (Å²) in [6.45, 7) is 4.81. The van der Waals surface area contributed by atoms with E-state index in [0.717, 1.165) is 0 Å². The van der Waals surface area contributed by atoms with Gasteiger partial charge in [-0.15, -0.1) is 0 Å². The van der Waals surface area contributed by atoms with Crippen molar-refractivity contribution in [3.05, 3.63) is 84.0 Å². The topological polar surface area (TPSA) is 0 Å². The Morgan fingerprint density at radius 1 is 0.833 bits per heavy atom. The van der Waals surface area contributed by atoms with Gasteiger partial charge in [-0.05, 0) is 34.1 Å². The molecule has 122 valence electrons. The van der Waals surface area contributed by atoms with E-state index in [9.17, 15) is 0 Å². The second kappa shape index (κ2) is 6.09. The highest BCUT2D eigenvalue weighted by Crippen LogP contribution is 2.58. The van der Waals surface area contributed by atoms with Gasteiger partial charge in [0.25, 0.3) is 0 Å². The zero-order valence-corrected chi connectivity index (χ0v) is 14.7. The van der Waals surface area contributed by atoms with Gasteiger partial charge in [0.15, 0.2) is 0 Å². The van der Waals surface area contributed by atoms with E-state index in [-0.39, 0.29) is 5.41 Å². The van der Waals surface area contributed by atoms with Gasteiger partial charge in [-0.25, -0.2) is 0 Å². The maximum atomic E-state index is 2.51. The fourth-order valence-corrected chi connectivity index (χ4v) is 4.80. The lowest BCUT2D eigenvalue weighted by Gasteiger charge is -2.41. The van der Waals surface area contributed by atoms with Gasteiger partial charge in [-0.1, -0.05) is 99.5 Å². The summed E-state index contributed by atoms with van der Waals surface area (Å²) in [5, 5.41) is 0. The van der Waals surface area contributed by atoms with Crippen LogP contribution in [0.2, 0.25) is 0 Å². The van der Waals surface area contributed by atoms with Gasteiger partial charge in [0.1, 0.15) is 0 Å². The van der Waals surface area contributed by atoms with E-state index < -0.39 is 0 Å². The second-order valence-electron chi connectivity index (χ2n) is 7.51.